The minimum atomic E-state index is -0.198. The van der Waals surface area contributed by atoms with Gasteiger partial charge in [0.05, 0.1) is 0 Å². The summed E-state index contributed by atoms with van der Waals surface area (Å²) in [7, 11) is 0. The Labute approximate surface area is 73.6 Å². The quantitative estimate of drug-likeness (QED) is 0.366. The maximum atomic E-state index is 10.9. The number of ether oxygens (including phenoxy) is 1. The van der Waals surface area contributed by atoms with Crippen molar-refractivity contribution in [3.63, 3.8) is 0 Å². The van der Waals surface area contributed by atoms with Crippen molar-refractivity contribution in [1.29, 1.82) is 0 Å². The van der Waals surface area contributed by atoms with E-state index in [2.05, 4.69) is 13.5 Å². The molecule has 0 N–H and O–H groups in total. The summed E-state index contributed by atoms with van der Waals surface area (Å²) in [6, 6.07) is 0. The average Bonchev–Trinajstić information content (AvgIpc) is 2.32. The average molecular weight is 168 g/mol. The fourth-order valence-electron chi connectivity index (χ4n) is 1.42. The first kappa shape index (κ1) is 9.30. The van der Waals surface area contributed by atoms with Crippen molar-refractivity contribution >= 4 is 5.97 Å². The zero-order valence-corrected chi connectivity index (χ0v) is 7.64. The van der Waals surface area contributed by atoms with Crippen LogP contribution in [0.2, 0.25) is 0 Å². The van der Waals surface area contributed by atoms with E-state index in [0.29, 0.717) is 5.57 Å². The molecule has 1 aliphatic heterocycles. The van der Waals surface area contributed by atoms with Crippen molar-refractivity contribution in [2.24, 2.45) is 0 Å². The topological polar surface area (TPSA) is 26.3 Å². The van der Waals surface area contributed by atoms with Crippen LogP contribution in [0.1, 0.15) is 39.0 Å². The highest BCUT2D eigenvalue weighted by Gasteiger charge is 2.26. The van der Waals surface area contributed by atoms with Crippen LogP contribution < -0.4 is 0 Å². The summed E-state index contributed by atoms with van der Waals surface area (Å²) < 4.78 is 5.08. The molecule has 0 saturated carbocycles. The molecule has 0 amide bonds. The largest absolute Gasteiger partial charge is 0.459 e. The van der Waals surface area contributed by atoms with Crippen LogP contribution in [0, 0.1) is 0 Å². The van der Waals surface area contributed by atoms with Crippen LogP contribution in [0.15, 0.2) is 12.2 Å². The maximum Gasteiger partial charge on any atom is 0.333 e. The number of cyclic esters (lactones) is 1. The number of rotatable bonds is 4. The van der Waals surface area contributed by atoms with Crippen molar-refractivity contribution in [3.8, 4) is 0 Å². The van der Waals surface area contributed by atoms with Crippen molar-refractivity contribution < 1.29 is 9.53 Å². The molecule has 0 aromatic rings. The summed E-state index contributed by atoms with van der Waals surface area (Å²) >= 11 is 0. The molecule has 0 radical (unpaired) electrons. The lowest BCUT2D eigenvalue weighted by Gasteiger charge is -2.06. The van der Waals surface area contributed by atoms with Crippen molar-refractivity contribution in [2.45, 2.75) is 45.1 Å². The second-order valence-electron chi connectivity index (χ2n) is 3.33. The van der Waals surface area contributed by atoms with Gasteiger partial charge in [-0.3, -0.25) is 0 Å². The predicted octanol–water partition coefficient (Wildman–Crippen LogP) is 2.44. The van der Waals surface area contributed by atoms with Crippen LogP contribution in [0.25, 0.3) is 0 Å². The molecule has 0 unspecified atom stereocenters. The number of hydrogen-bond donors (Lipinski definition) is 0. The Morgan fingerprint density at radius 2 is 2.33 bits per heavy atom. The molecular formula is C10H16O2. The Kier molecular flexibility index (Phi) is 3.32. The van der Waals surface area contributed by atoms with E-state index in [1.165, 1.54) is 12.8 Å². The Balaban J connectivity index is 2.19. The van der Waals surface area contributed by atoms with E-state index >= 15 is 0 Å². The summed E-state index contributed by atoms with van der Waals surface area (Å²) in [6.07, 6.45) is 5.45. The summed E-state index contributed by atoms with van der Waals surface area (Å²) in [5.74, 6) is -0.198. The third kappa shape index (κ3) is 2.36. The molecule has 1 atom stereocenters. The first-order valence-electron chi connectivity index (χ1n) is 4.62. The van der Waals surface area contributed by atoms with E-state index in [9.17, 15) is 4.79 Å². The number of carbonyl (C=O) groups is 1. The van der Waals surface area contributed by atoms with Crippen LogP contribution >= 0.6 is 0 Å². The van der Waals surface area contributed by atoms with Crippen LogP contribution in [0.4, 0.5) is 0 Å². The van der Waals surface area contributed by atoms with Gasteiger partial charge < -0.3 is 4.74 Å². The van der Waals surface area contributed by atoms with Crippen molar-refractivity contribution in [2.75, 3.05) is 0 Å². The molecule has 1 saturated heterocycles. The smallest absolute Gasteiger partial charge is 0.333 e. The molecule has 0 spiro atoms. The van der Waals surface area contributed by atoms with Gasteiger partial charge in [0, 0.05) is 12.0 Å². The molecule has 0 aromatic heterocycles. The monoisotopic (exact) mass is 168 g/mol. The highest BCUT2D eigenvalue weighted by Crippen LogP contribution is 2.22. The van der Waals surface area contributed by atoms with E-state index in [4.69, 9.17) is 4.74 Å². The Bertz CT molecular complexity index is 168. The fraction of sp³-hybridized carbons (Fsp3) is 0.700. The van der Waals surface area contributed by atoms with Gasteiger partial charge in [-0.05, 0) is 12.8 Å². The number of esters is 1. The van der Waals surface area contributed by atoms with E-state index in [1.807, 2.05) is 0 Å². The zero-order valence-electron chi connectivity index (χ0n) is 7.64. The zero-order chi connectivity index (χ0) is 8.97. The summed E-state index contributed by atoms with van der Waals surface area (Å²) in [5, 5.41) is 0. The van der Waals surface area contributed by atoms with Gasteiger partial charge in [0.1, 0.15) is 6.10 Å². The predicted molar refractivity (Wildman–Crippen MR) is 47.8 cm³/mol. The summed E-state index contributed by atoms with van der Waals surface area (Å²) in [5.41, 5.74) is 0.636. The van der Waals surface area contributed by atoms with Crippen LogP contribution in [-0.4, -0.2) is 12.1 Å². The highest BCUT2D eigenvalue weighted by atomic mass is 16.5. The van der Waals surface area contributed by atoms with Gasteiger partial charge in [-0.15, -0.1) is 0 Å². The lowest BCUT2D eigenvalue weighted by molar-refractivity contribution is -0.139. The minimum absolute atomic E-state index is 0.122. The molecule has 68 valence electrons. The van der Waals surface area contributed by atoms with Crippen molar-refractivity contribution in [1.82, 2.24) is 0 Å². The fourth-order valence-corrected chi connectivity index (χ4v) is 1.42. The molecular weight excluding hydrogens is 152 g/mol. The van der Waals surface area contributed by atoms with Gasteiger partial charge in [-0.1, -0.05) is 26.3 Å². The van der Waals surface area contributed by atoms with Gasteiger partial charge in [0.2, 0.25) is 0 Å². The molecule has 1 heterocycles. The molecule has 1 fully saturated rings. The van der Waals surface area contributed by atoms with E-state index in [1.54, 1.807) is 0 Å². The second kappa shape index (κ2) is 4.29. The lowest BCUT2D eigenvalue weighted by Crippen LogP contribution is -2.05. The SMILES string of the molecule is C=C1C[C@H](CCCCC)OC1=O. The third-order valence-corrected chi connectivity index (χ3v) is 2.17. The van der Waals surface area contributed by atoms with Gasteiger partial charge in [0.25, 0.3) is 0 Å². The molecule has 2 nitrogen and oxygen atoms in total. The number of carbonyl (C=O) groups excluding carboxylic acids is 1. The van der Waals surface area contributed by atoms with Gasteiger partial charge in [-0.2, -0.15) is 0 Å². The van der Waals surface area contributed by atoms with E-state index in [0.717, 1.165) is 19.3 Å². The van der Waals surface area contributed by atoms with Crippen LogP contribution in [0.5, 0.6) is 0 Å². The molecule has 0 bridgehead atoms. The first-order valence-corrected chi connectivity index (χ1v) is 4.62. The van der Waals surface area contributed by atoms with Gasteiger partial charge >= 0.3 is 5.97 Å². The van der Waals surface area contributed by atoms with Gasteiger partial charge in [0.15, 0.2) is 0 Å². The van der Waals surface area contributed by atoms with E-state index in [-0.39, 0.29) is 12.1 Å². The van der Waals surface area contributed by atoms with Gasteiger partial charge in [-0.25, -0.2) is 4.79 Å². The standard InChI is InChI=1S/C10H16O2/c1-3-4-5-6-9-7-8(2)10(11)12-9/h9H,2-7H2,1H3/t9-/m0/s1. The van der Waals surface area contributed by atoms with Crippen LogP contribution in [0.3, 0.4) is 0 Å². The molecule has 0 aromatic carbocycles. The maximum absolute atomic E-state index is 10.9. The molecule has 0 aliphatic carbocycles. The Morgan fingerprint density at radius 1 is 1.58 bits per heavy atom. The van der Waals surface area contributed by atoms with E-state index < -0.39 is 0 Å². The van der Waals surface area contributed by atoms with Crippen LogP contribution in [-0.2, 0) is 9.53 Å². The molecule has 2 heteroatoms. The Morgan fingerprint density at radius 3 is 2.83 bits per heavy atom. The highest BCUT2D eigenvalue weighted by molar-refractivity contribution is 5.89. The lowest BCUT2D eigenvalue weighted by atomic mass is 10.1. The minimum Gasteiger partial charge on any atom is -0.459 e. The Hall–Kier alpha value is -0.790. The first-order chi connectivity index (χ1) is 5.74. The number of unbranched alkanes of at least 4 members (excludes halogenated alkanes) is 2. The molecule has 1 aliphatic rings. The number of hydrogen-bond acceptors (Lipinski definition) is 2. The molecule has 1 rings (SSSR count). The summed E-state index contributed by atoms with van der Waals surface area (Å²) in [4.78, 5) is 10.9. The van der Waals surface area contributed by atoms with Crippen molar-refractivity contribution in [3.05, 3.63) is 12.2 Å². The normalized spacial score (nSPS) is 22.9. The third-order valence-electron chi connectivity index (χ3n) is 2.17. The molecule has 12 heavy (non-hydrogen) atoms. The summed E-state index contributed by atoms with van der Waals surface area (Å²) in [6.45, 7) is 5.81. The second-order valence-corrected chi connectivity index (χ2v) is 3.33.